The van der Waals surface area contributed by atoms with E-state index in [1.165, 1.54) is 18.3 Å². The number of halogens is 1. The first-order valence-electron chi connectivity index (χ1n) is 13.2. The summed E-state index contributed by atoms with van der Waals surface area (Å²) >= 11 is 3.43. The number of non-ortho nitro benzene ring substituents is 1. The van der Waals surface area contributed by atoms with E-state index in [1.54, 1.807) is 36.4 Å². The van der Waals surface area contributed by atoms with Gasteiger partial charge in [0.15, 0.2) is 5.76 Å². The highest BCUT2D eigenvalue weighted by Crippen LogP contribution is 2.24. The Hall–Kier alpha value is -5.16. The highest BCUT2D eigenvalue weighted by Gasteiger charge is 2.12. The van der Waals surface area contributed by atoms with Crippen LogP contribution in [-0.2, 0) is 13.2 Å². The number of amides is 1. The van der Waals surface area contributed by atoms with E-state index in [9.17, 15) is 14.9 Å². The van der Waals surface area contributed by atoms with Crippen molar-refractivity contribution in [1.29, 1.82) is 0 Å². The lowest BCUT2D eigenvalue weighted by Crippen LogP contribution is -2.16. The third-order valence-electron chi connectivity index (χ3n) is 6.52. The smallest absolute Gasteiger partial charge is 0.307 e. The van der Waals surface area contributed by atoms with E-state index in [0.717, 1.165) is 27.1 Å². The number of nitro groups is 1. The van der Waals surface area contributed by atoms with Gasteiger partial charge in [-0.15, -0.1) is 0 Å². The summed E-state index contributed by atoms with van der Waals surface area (Å²) in [4.78, 5) is 23.0. The van der Waals surface area contributed by atoms with Crippen molar-refractivity contribution >= 4 is 33.7 Å². The number of nitrogens with one attached hydrogen (secondary N) is 1. The van der Waals surface area contributed by atoms with Crippen LogP contribution < -0.4 is 14.9 Å². The predicted octanol–water partition coefficient (Wildman–Crippen LogP) is 7.28. The summed E-state index contributed by atoms with van der Waals surface area (Å²) in [7, 11) is 0. The fraction of sp³-hybridized carbons (Fsp3) is 0.125. The lowest BCUT2D eigenvalue weighted by Gasteiger charge is -2.10. The molecule has 2 heterocycles. The minimum Gasteiger partial charge on any atom is -0.488 e. The van der Waals surface area contributed by atoms with Gasteiger partial charge in [-0.2, -0.15) is 5.10 Å². The first kappa shape index (κ1) is 29.3. The van der Waals surface area contributed by atoms with Crippen molar-refractivity contribution in [3.05, 3.63) is 140 Å². The molecule has 43 heavy (non-hydrogen) atoms. The average molecular weight is 643 g/mol. The van der Waals surface area contributed by atoms with Gasteiger partial charge in [0.25, 0.3) is 5.69 Å². The van der Waals surface area contributed by atoms with Crippen molar-refractivity contribution in [2.45, 2.75) is 27.1 Å². The number of hydrogen-bond acceptors (Lipinski definition) is 7. The van der Waals surface area contributed by atoms with Gasteiger partial charge in [-0.3, -0.25) is 14.9 Å². The summed E-state index contributed by atoms with van der Waals surface area (Å²) < 4.78 is 20.3. The fourth-order valence-electron chi connectivity index (χ4n) is 4.34. The number of hydrazone groups is 1. The molecule has 2 aromatic heterocycles. The van der Waals surface area contributed by atoms with Crippen LogP contribution in [0.4, 0.5) is 5.69 Å². The van der Waals surface area contributed by atoms with Crippen molar-refractivity contribution in [3.8, 4) is 17.2 Å². The molecule has 0 saturated carbocycles. The van der Waals surface area contributed by atoms with Gasteiger partial charge in [0, 0.05) is 39.2 Å². The Morgan fingerprint density at radius 2 is 1.67 bits per heavy atom. The lowest BCUT2D eigenvalue weighted by atomic mass is 10.2. The molecule has 0 unspecified atom stereocenters. The molecule has 218 valence electrons. The first-order valence-corrected chi connectivity index (χ1v) is 14.0. The van der Waals surface area contributed by atoms with Crippen molar-refractivity contribution < 1.29 is 23.6 Å². The molecule has 0 radical (unpaired) electrons. The minimum absolute atomic E-state index is 0.0101. The molecule has 0 aliphatic carbocycles. The molecule has 5 aromatic rings. The molecule has 1 amide bonds. The Morgan fingerprint density at radius 1 is 0.953 bits per heavy atom. The van der Waals surface area contributed by atoms with E-state index in [4.69, 9.17) is 13.9 Å². The Balaban J connectivity index is 1.15. The van der Waals surface area contributed by atoms with Gasteiger partial charge in [0.2, 0.25) is 0 Å². The van der Waals surface area contributed by atoms with Crippen LogP contribution in [0, 0.1) is 24.0 Å². The maximum absolute atomic E-state index is 12.6. The summed E-state index contributed by atoms with van der Waals surface area (Å²) in [6, 6.07) is 26.6. The van der Waals surface area contributed by atoms with Gasteiger partial charge in [0.1, 0.15) is 30.5 Å². The highest BCUT2D eigenvalue weighted by molar-refractivity contribution is 9.10. The number of nitro benzene ring substituents is 1. The molecular formula is C32H27BrN4O6. The first-order chi connectivity index (χ1) is 20.8. The molecule has 0 aliphatic heterocycles. The number of carbonyl (C=O) groups is 1. The van der Waals surface area contributed by atoms with Crippen LogP contribution in [0.3, 0.4) is 0 Å². The van der Waals surface area contributed by atoms with Gasteiger partial charge < -0.3 is 18.5 Å². The number of ether oxygens (including phenoxy) is 2. The summed E-state index contributed by atoms with van der Waals surface area (Å²) in [6.45, 7) is 4.48. The number of nitrogens with zero attached hydrogens (tertiary/aromatic N) is 3. The Morgan fingerprint density at radius 3 is 2.37 bits per heavy atom. The van der Waals surface area contributed by atoms with E-state index in [0.29, 0.717) is 22.8 Å². The Labute approximate surface area is 255 Å². The third-order valence-corrected chi connectivity index (χ3v) is 7.01. The summed E-state index contributed by atoms with van der Waals surface area (Å²) in [6.07, 6.45) is 1.46. The standard InChI is InChI=1S/C32H27BrN4O6/c1-21-3-4-22(2)36(21)26-10-12-28(13-11-26)41-20-29-14-16-31(43-29)32(38)35-34-18-24-17-25(33)7-15-30(24)42-19-23-5-8-27(9-6-23)37(39)40/h3-18H,19-20H2,1-2H3,(H,35,38)/b34-18+. The van der Waals surface area contributed by atoms with Crippen LogP contribution in [0.5, 0.6) is 11.5 Å². The second-order valence-corrected chi connectivity index (χ2v) is 10.5. The van der Waals surface area contributed by atoms with E-state index in [2.05, 4.69) is 57.0 Å². The second-order valence-electron chi connectivity index (χ2n) is 9.59. The van der Waals surface area contributed by atoms with Crippen LogP contribution in [0.25, 0.3) is 5.69 Å². The number of rotatable bonds is 11. The van der Waals surface area contributed by atoms with Crippen LogP contribution in [-0.4, -0.2) is 21.6 Å². The van der Waals surface area contributed by atoms with E-state index >= 15 is 0 Å². The van der Waals surface area contributed by atoms with Gasteiger partial charge in [-0.25, -0.2) is 5.43 Å². The zero-order chi connectivity index (χ0) is 30.3. The zero-order valence-electron chi connectivity index (χ0n) is 23.3. The van der Waals surface area contributed by atoms with Crippen molar-refractivity contribution in [2.24, 2.45) is 5.10 Å². The van der Waals surface area contributed by atoms with Crippen LogP contribution in [0.15, 0.2) is 105 Å². The molecule has 0 saturated heterocycles. The van der Waals surface area contributed by atoms with E-state index in [-0.39, 0.29) is 24.7 Å². The summed E-state index contributed by atoms with van der Waals surface area (Å²) in [5.74, 6) is 1.26. The second kappa shape index (κ2) is 13.2. The summed E-state index contributed by atoms with van der Waals surface area (Å²) in [5.41, 5.74) is 7.21. The topological polar surface area (TPSA) is 121 Å². The van der Waals surface area contributed by atoms with Crippen molar-refractivity contribution in [3.63, 3.8) is 0 Å². The SMILES string of the molecule is Cc1ccc(C)n1-c1ccc(OCc2ccc(C(=O)N/N=C/c3cc(Br)ccc3OCc3ccc([N+](=O)[O-])cc3)o2)cc1. The number of carbonyl (C=O) groups excluding carboxylic acids is 1. The molecule has 0 aliphatic rings. The third kappa shape index (κ3) is 7.38. The van der Waals surface area contributed by atoms with E-state index in [1.807, 2.05) is 30.3 Å². The van der Waals surface area contributed by atoms with Crippen LogP contribution in [0.1, 0.15) is 38.8 Å². The van der Waals surface area contributed by atoms with Crippen LogP contribution in [0.2, 0.25) is 0 Å². The molecule has 0 atom stereocenters. The van der Waals surface area contributed by atoms with E-state index < -0.39 is 10.8 Å². The molecule has 10 nitrogen and oxygen atoms in total. The van der Waals surface area contributed by atoms with Gasteiger partial charge in [-0.1, -0.05) is 15.9 Å². The van der Waals surface area contributed by atoms with Gasteiger partial charge in [0.05, 0.1) is 11.1 Å². The molecule has 11 heteroatoms. The molecule has 1 N–H and O–H groups in total. The lowest BCUT2D eigenvalue weighted by molar-refractivity contribution is -0.384. The fourth-order valence-corrected chi connectivity index (χ4v) is 4.72. The zero-order valence-corrected chi connectivity index (χ0v) is 24.9. The maximum Gasteiger partial charge on any atom is 0.307 e. The molecule has 5 rings (SSSR count). The summed E-state index contributed by atoms with van der Waals surface area (Å²) in [5, 5.41) is 14.9. The molecule has 0 spiro atoms. The highest BCUT2D eigenvalue weighted by atomic mass is 79.9. The largest absolute Gasteiger partial charge is 0.488 e. The Bertz CT molecular complexity index is 1760. The predicted molar refractivity (Wildman–Crippen MR) is 165 cm³/mol. The average Bonchev–Trinajstić information content (AvgIpc) is 3.62. The molecule has 0 fully saturated rings. The quantitative estimate of drug-likeness (QED) is 0.0918. The van der Waals surface area contributed by atoms with Gasteiger partial charge >= 0.3 is 5.91 Å². The minimum atomic E-state index is -0.521. The Kier molecular flexibility index (Phi) is 9.02. The number of hydrogen-bond donors (Lipinski definition) is 1. The molecule has 0 bridgehead atoms. The van der Waals surface area contributed by atoms with Gasteiger partial charge in [-0.05, 0) is 98.3 Å². The number of aromatic nitrogens is 1. The van der Waals surface area contributed by atoms with Crippen molar-refractivity contribution in [2.75, 3.05) is 0 Å². The monoisotopic (exact) mass is 642 g/mol. The number of benzene rings is 3. The number of furan rings is 1. The van der Waals surface area contributed by atoms with Crippen molar-refractivity contribution in [1.82, 2.24) is 9.99 Å². The number of aryl methyl sites for hydroxylation is 2. The molecular weight excluding hydrogens is 616 g/mol. The maximum atomic E-state index is 12.6. The normalized spacial score (nSPS) is 11.0. The molecule has 3 aromatic carbocycles. The van der Waals surface area contributed by atoms with Crippen LogP contribution >= 0.6 is 15.9 Å².